The normalized spacial score (nSPS) is 13.6. The van der Waals surface area contributed by atoms with E-state index < -0.39 is 138 Å². The number of amides is 8. The number of carbonyl (C=O) groups excluding carboxylic acids is 8. The van der Waals surface area contributed by atoms with E-state index in [2.05, 4.69) is 35.8 Å². The minimum absolute atomic E-state index is 0.0159. The summed E-state index contributed by atoms with van der Waals surface area (Å²) in [5, 5.41) is 32.1. The Balaban J connectivity index is 1.64. The zero-order valence-corrected chi connectivity index (χ0v) is 44.3. The Kier molecular flexibility index (Phi) is 24.4. The number of thioether (sulfide) groups is 2. The molecule has 0 bridgehead atoms. The van der Waals surface area contributed by atoms with Crippen molar-refractivity contribution >= 4 is 104 Å². The van der Waals surface area contributed by atoms with E-state index in [4.69, 9.17) is 16.0 Å². The number of hydrogen-bond acceptors (Lipinski definition) is 16. The van der Waals surface area contributed by atoms with Gasteiger partial charge in [0.15, 0.2) is 0 Å². The van der Waals surface area contributed by atoms with E-state index in [0.717, 1.165) is 0 Å². The largest absolute Gasteiger partial charge is 0.481 e. The number of H-pyrrole nitrogens is 1. The molecule has 0 aliphatic heterocycles. The Morgan fingerprint density at radius 3 is 1.81 bits per heavy atom. The van der Waals surface area contributed by atoms with Crippen LogP contribution in [0.25, 0.3) is 10.9 Å². The fourth-order valence-corrected chi connectivity index (χ4v) is 9.01. The predicted molar refractivity (Wildman–Crippen MR) is 283 cm³/mol. The van der Waals surface area contributed by atoms with Crippen LogP contribution >= 0.6 is 23.5 Å². The molecule has 13 N–H and O–H groups in total. The maximum absolute atomic E-state index is 14.8. The number of fused-ring (bicyclic) bond motifs is 1. The first-order valence-corrected chi connectivity index (χ1v) is 27.8. The minimum atomic E-state index is -4.79. The number of carbonyl (C=O) groups is 10. The lowest BCUT2D eigenvalue weighted by molar-refractivity contribution is -0.153. The molecule has 0 spiro atoms. The van der Waals surface area contributed by atoms with E-state index in [0.29, 0.717) is 38.2 Å². The quantitative estimate of drug-likeness (QED) is 0.0282. The molecular formula is C49H61N9O16S3. The van der Waals surface area contributed by atoms with Crippen LogP contribution in [0.5, 0.6) is 5.75 Å². The molecule has 416 valence electrons. The highest BCUT2D eigenvalue weighted by atomic mass is 32.3. The Labute approximate surface area is 451 Å². The van der Waals surface area contributed by atoms with Gasteiger partial charge in [-0.1, -0.05) is 60.7 Å². The summed E-state index contributed by atoms with van der Waals surface area (Å²) in [4.78, 5) is 138. The van der Waals surface area contributed by atoms with E-state index in [1.54, 1.807) is 67.1 Å². The second-order valence-electron chi connectivity index (χ2n) is 17.3. The van der Waals surface area contributed by atoms with Gasteiger partial charge >= 0.3 is 22.3 Å². The molecule has 0 aliphatic carbocycles. The maximum Gasteiger partial charge on any atom is 0.446 e. The van der Waals surface area contributed by atoms with Crippen molar-refractivity contribution in [2.24, 2.45) is 11.5 Å². The third-order valence-electron chi connectivity index (χ3n) is 11.6. The summed E-state index contributed by atoms with van der Waals surface area (Å²) in [6.07, 6.45) is 1.59. The maximum atomic E-state index is 14.8. The number of primary amides is 1. The summed E-state index contributed by atoms with van der Waals surface area (Å²) in [7, 11) is -4.79. The van der Waals surface area contributed by atoms with Crippen LogP contribution in [0.15, 0.2) is 85.1 Å². The van der Waals surface area contributed by atoms with Gasteiger partial charge in [0.2, 0.25) is 47.3 Å². The van der Waals surface area contributed by atoms with E-state index in [9.17, 15) is 66.6 Å². The van der Waals surface area contributed by atoms with Gasteiger partial charge in [0.05, 0.1) is 25.4 Å². The van der Waals surface area contributed by atoms with Crippen LogP contribution in [0.4, 0.5) is 0 Å². The van der Waals surface area contributed by atoms with Crippen molar-refractivity contribution in [1.29, 1.82) is 0 Å². The van der Waals surface area contributed by atoms with Crippen LogP contribution in [0.3, 0.4) is 0 Å². The molecular weight excluding hydrogens is 1070 g/mol. The second-order valence-corrected chi connectivity index (χ2v) is 20.3. The fourth-order valence-electron chi connectivity index (χ4n) is 7.71. The highest BCUT2D eigenvalue weighted by Crippen LogP contribution is 2.23. The van der Waals surface area contributed by atoms with Gasteiger partial charge in [-0.3, -0.25) is 57.4 Å². The third kappa shape index (κ3) is 20.5. The number of nitrogens with two attached hydrogens (primary N) is 2. The molecule has 0 unspecified atom stereocenters. The van der Waals surface area contributed by atoms with Crippen molar-refractivity contribution in [3.63, 3.8) is 0 Å². The highest BCUT2D eigenvalue weighted by molar-refractivity contribution is 7.98. The average molecular weight is 1130 g/mol. The van der Waals surface area contributed by atoms with Crippen molar-refractivity contribution in [1.82, 2.24) is 36.5 Å². The van der Waals surface area contributed by atoms with Gasteiger partial charge in [-0.05, 0) is 78.2 Å². The van der Waals surface area contributed by atoms with Gasteiger partial charge in [-0.15, -0.1) is 0 Å². The number of aromatic nitrogens is 1. The van der Waals surface area contributed by atoms with E-state index in [-0.39, 0.29) is 37.2 Å². The molecule has 0 saturated carbocycles. The van der Waals surface area contributed by atoms with Gasteiger partial charge in [0, 0.05) is 36.4 Å². The SMILES string of the molecule is CSCC[C@H](NC(=O)[C@@H](N)Cc1ccc(OS(=O)(=O)O)cc1)C(=O)NCC(=O)N(C(=O)CCC(=O)O)[C@@H](Cc1c[nH]c2ccccc12)C(=O)N[C@@H](CCSC)C(=O)N[C@@H](CC(=O)O)C(=O)N[C@@H](Cc1ccccc1)C(N)=O. The number of aliphatic carboxylic acids is 2. The smallest absolute Gasteiger partial charge is 0.446 e. The summed E-state index contributed by atoms with van der Waals surface area (Å²) in [5.74, 6) is -11.0. The van der Waals surface area contributed by atoms with Crippen LogP contribution < -0.4 is 42.2 Å². The molecule has 8 amide bonds. The summed E-state index contributed by atoms with van der Waals surface area (Å²) in [6.45, 7) is -0.982. The highest BCUT2D eigenvalue weighted by Gasteiger charge is 2.39. The number of para-hydroxylation sites is 1. The summed E-state index contributed by atoms with van der Waals surface area (Å²) in [6, 6.07) is 11.3. The molecule has 0 aliphatic rings. The van der Waals surface area contributed by atoms with Gasteiger partial charge in [0.25, 0.3) is 0 Å². The summed E-state index contributed by atoms with van der Waals surface area (Å²) >= 11 is 2.57. The van der Waals surface area contributed by atoms with Crippen LogP contribution in [-0.4, -0.2) is 159 Å². The average Bonchev–Trinajstić information content (AvgIpc) is 3.79. The van der Waals surface area contributed by atoms with Crippen LogP contribution in [0, 0.1) is 0 Å². The van der Waals surface area contributed by atoms with E-state index >= 15 is 0 Å². The molecule has 77 heavy (non-hydrogen) atoms. The molecule has 1 aromatic heterocycles. The number of hydrogen-bond donors (Lipinski definition) is 11. The number of aromatic amines is 1. The number of imide groups is 1. The molecule has 25 nitrogen and oxygen atoms in total. The Morgan fingerprint density at radius 2 is 1.21 bits per heavy atom. The molecule has 4 rings (SSSR count). The van der Waals surface area contributed by atoms with E-state index in [1.165, 1.54) is 54.0 Å². The lowest BCUT2D eigenvalue weighted by Gasteiger charge is -2.31. The predicted octanol–water partition coefficient (Wildman–Crippen LogP) is -0.185. The Morgan fingerprint density at radius 1 is 0.649 bits per heavy atom. The van der Waals surface area contributed by atoms with Gasteiger partial charge in [-0.2, -0.15) is 31.9 Å². The monoisotopic (exact) mass is 1130 g/mol. The van der Waals surface area contributed by atoms with Gasteiger partial charge in [-0.25, -0.2) is 0 Å². The number of benzene rings is 3. The molecule has 0 saturated heterocycles. The van der Waals surface area contributed by atoms with Crippen molar-refractivity contribution < 1.29 is 75.3 Å². The van der Waals surface area contributed by atoms with Crippen molar-refractivity contribution in [3.05, 3.63) is 102 Å². The lowest BCUT2D eigenvalue weighted by Crippen LogP contribution is -2.60. The summed E-state index contributed by atoms with van der Waals surface area (Å²) < 4.78 is 35.5. The summed E-state index contributed by atoms with van der Waals surface area (Å²) in [5.41, 5.74) is 13.8. The van der Waals surface area contributed by atoms with Crippen molar-refractivity contribution in [3.8, 4) is 5.75 Å². The fraction of sp³-hybridized carbons (Fsp3) is 0.388. The van der Waals surface area contributed by atoms with Crippen molar-refractivity contribution in [2.75, 3.05) is 30.6 Å². The van der Waals surface area contributed by atoms with Crippen LogP contribution in [0.2, 0.25) is 0 Å². The lowest BCUT2D eigenvalue weighted by atomic mass is 10.0. The number of carboxylic acids is 2. The first-order valence-electron chi connectivity index (χ1n) is 23.6. The van der Waals surface area contributed by atoms with Gasteiger partial charge < -0.3 is 57.4 Å². The standard InChI is InChI=1S/C49H61N9O16S3/c1-75-20-18-35(54-45(66)33(50)22-29-12-14-31(15-13-29)74-77(71,72)73)46(67)53-27-41(60)58(40(59)16-17-42(61)62)39(24-30-26-52-34-11-7-6-10-32(30)34)49(70)55-36(19-21-76-2)47(68)57-38(25-43(63)64)48(69)56-37(44(51)65)23-28-8-4-3-5-9-28/h3-15,26,33,35-39,52H,16-25,27,50H2,1-2H3,(H2,51,65)(H,53,67)(H,54,66)(H,55,70)(H,56,69)(H,57,68)(H,61,62)(H,63,64)(H,71,72,73)/t33-,35-,36-,37-,38-,39-/m0/s1. The molecule has 3 aromatic carbocycles. The topological polar surface area (TPSA) is 406 Å². The third-order valence-corrected chi connectivity index (χ3v) is 13.3. The number of rotatable bonds is 32. The van der Waals surface area contributed by atoms with Crippen molar-refractivity contribution in [2.45, 2.75) is 87.6 Å². The molecule has 0 radical (unpaired) electrons. The Bertz CT molecular complexity index is 2860. The first-order chi connectivity index (χ1) is 36.5. The second kappa shape index (κ2) is 30.3. The zero-order chi connectivity index (χ0) is 56.8. The molecule has 28 heteroatoms. The van der Waals surface area contributed by atoms with E-state index in [1.807, 2.05) is 0 Å². The molecule has 1 heterocycles. The number of nitrogens with one attached hydrogen (secondary N) is 6. The first kappa shape index (κ1) is 62.0. The Hall–Kier alpha value is -7.53. The number of carboxylic acid groups (broad SMARTS) is 2. The zero-order valence-electron chi connectivity index (χ0n) is 41.8. The molecule has 0 fully saturated rings. The van der Waals surface area contributed by atoms with Crippen LogP contribution in [-0.2, 0) is 77.6 Å². The number of nitrogens with zero attached hydrogens (tertiary/aromatic N) is 1. The molecule has 6 atom stereocenters. The minimum Gasteiger partial charge on any atom is -0.481 e. The van der Waals surface area contributed by atoms with Gasteiger partial charge in [0.1, 0.15) is 36.0 Å². The molecule has 4 aromatic rings. The van der Waals surface area contributed by atoms with Crippen LogP contribution in [0.1, 0.15) is 48.8 Å².